The first-order chi connectivity index (χ1) is 15.6. The van der Waals surface area contributed by atoms with Gasteiger partial charge in [0, 0.05) is 33.2 Å². The van der Waals surface area contributed by atoms with E-state index in [9.17, 15) is 9.59 Å². The van der Waals surface area contributed by atoms with Gasteiger partial charge in [-0.15, -0.1) is 5.92 Å². The summed E-state index contributed by atoms with van der Waals surface area (Å²) in [7, 11) is 1.66. The number of fused-ring (bicyclic) bond motifs is 2. The quantitative estimate of drug-likeness (QED) is 0.500. The SMILES string of the molecule is CC#CCn1c(N2CCNCC2)nc2c1c(=O)n(-c1ccc3ccccc3c1)c(=O)n2C. The Kier molecular flexibility index (Phi) is 5.04. The first kappa shape index (κ1) is 20.1. The van der Waals surface area contributed by atoms with Gasteiger partial charge in [-0.3, -0.25) is 13.9 Å². The molecule has 2 aromatic carbocycles. The molecular formula is C24H24N6O2. The highest BCUT2D eigenvalue weighted by Gasteiger charge is 2.24. The van der Waals surface area contributed by atoms with Crippen LogP contribution in [0.15, 0.2) is 52.1 Å². The van der Waals surface area contributed by atoms with Gasteiger partial charge in [-0.1, -0.05) is 36.3 Å². The molecule has 0 amide bonds. The molecule has 1 aliphatic rings. The topological polar surface area (TPSA) is 77.1 Å². The normalized spacial score (nSPS) is 14.0. The maximum atomic E-state index is 13.7. The molecular weight excluding hydrogens is 404 g/mol. The molecule has 5 rings (SSSR count). The van der Waals surface area contributed by atoms with E-state index in [1.807, 2.05) is 41.0 Å². The second-order valence-electron chi connectivity index (χ2n) is 7.85. The third-order valence-electron chi connectivity index (χ3n) is 5.94. The summed E-state index contributed by atoms with van der Waals surface area (Å²) in [5.41, 5.74) is 0.496. The van der Waals surface area contributed by atoms with E-state index in [0.29, 0.717) is 29.3 Å². The van der Waals surface area contributed by atoms with Gasteiger partial charge in [0.2, 0.25) is 5.95 Å². The molecule has 4 aromatic rings. The van der Waals surface area contributed by atoms with Crippen molar-refractivity contribution in [2.45, 2.75) is 13.5 Å². The summed E-state index contributed by atoms with van der Waals surface area (Å²) in [5.74, 6) is 6.64. The van der Waals surface area contributed by atoms with Crippen LogP contribution >= 0.6 is 0 Å². The third kappa shape index (κ3) is 3.18. The molecule has 0 atom stereocenters. The number of anilines is 1. The van der Waals surface area contributed by atoms with Gasteiger partial charge in [-0.05, 0) is 29.8 Å². The Morgan fingerprint density at radius 3 is 2.56 bits per heavy atom. The van der Waals surface area contributed by atoms with Gasteiger partial charge in [-0.25, -0.2) is 9.36 Å². The molecule has 0 unspecified atom stereocenters. The van der Waals surface area contributed by atoms with Gasteiger partial charge in [-0.2, -0.15) is 4.98 Å². The van der Waals surface area contributed by atoms with Crippen LogP contribution in [0.3, 0.4) is 0 Å². The number of aromatic nitrogens is 4. The summed E-state index contributed by atoms with van der Waals surface area (Å²) in [6, 6.07) is 13.5. The molecule has 0 saturated carbocycles. The van der Waals surface area contributed by atoms with Crippen molar-refractivity contribution < 1.29 is 0 Å². The molecule has 162 valence electrons. The largest absolute Gasteiger partial charge is 0.340 e. The highest BCUT2D eigenvalue weighted by Crippen LogP contribution is 2.21. The first-order valence-electron chi connectivity index (χ1n) is 10.7. The zero-order chi connectivity index (χ0) is 22.2. The number of piperazine rings is 1. The van der Waals surface area contributed by atoms with Gasteiger partial charge in [0.1, 0.15) is 0 Å². The van der Waals surface area contributed by atoms with Gasteiger partial charge in [0.15, 0.2) is 11.2 Å². The van der Waals surface area contributed by atoms with Crippen LogP contribution in [-0.4, -0.2) is 44.9 Å². The summed E-state index contributed by atoms with van der Waals surface area (Å²) < 4.78 is 4.53. The van der Waals surface area contributed by atoms with Crippen LogP contribution in [0.2, 0.25) is 0 Å². The summed E-state index contributed by atoms with van der Waals surface area (Å²) in [5, 5.41) is 5.34. The number of rotatable bonds is 3. The van der Waals surface area contributed by atoms with Crippen molar-refractivity contribution >= 4 is 27.9 Å². The fraction of sp³-hybridized carbons (Fsp3) is 0.292. The van der Waals surface area contributed by atoms with E-state index in [1.165, 1.54) is 9.13 Å². The van der Waals surface area contributed by atoms with Crippen LogP contribution < -0.4 is 21.5 Å². The van der Waals surface area contributed by atoms with Crippen molar-refractivity contribution in [1.29, 1.82) is 0 Å². The zero-order valence-corrected chi connectivity index (χ0v) is 18.1. The molecule has 1 aliphatic heterocycles. The van der Waals surface area contributed by atoms with Crippen LogP contribution in [0.1, 0.15) is 6.92 Å². The second kappa shape index (κ2) is 8.02. The molecule has 32 heavy (non-hydrogen) atoms. The monoisotopic (exact) mass is 428 g/mol. The Balaban J connectivity index is 1.80. The van der Waals surface area contributed by atoms with E-state index in [1.54, 1.807) is 20.0 Å². The van der Waals surface area contributed by atoms with Gasteiger partial charge in [0.05, 0.1) is 12.2 Å². The Labute approximate surface area is 184 Å². The number of imidazole rings is 1. The number of hydrogen-bond acceptors (Lipinski definition) is 5. The number of benzene rings is 2. The highest BCUT2D eigenvalue weighted by atomic mass is 16.2. The van der Waals surface area contributed by atoms with Crippen LogP contribution in [0.4, 0.5) is 5.95 Å². The molecule has 0 bridgehead atoms. The Morgan fingerprint density at radius 1 is 1.06 bits per heavy atom. The summed E-state index contributed by atoms with van der Waals surface area (Å²) in [6.07, 6.45) is 0. The van der Waals surface area contributed by atoms with Crippen molar-refractivity contribution in [3.63, 3.8) is 0 Å². The third-order valence-corrected chi connectivity index (χ3v) is 5.94. The van der Waals surface area contributed by atoms with E-state index in [4.69, 9.17) is 4.98 Å². The van der Waals surface area contributed by atoms with Gasteiger partial charge >= 0.3 is 5.69 Å². The van der Waals surface area contributed by atoms with Crippen molar-refractivity contribution in [1.82, 2.24) is 24.0 Å². The summed E-state index contributed by atoms with van der Waals surface area (Å²) in [4.78, 5) is 33.9. The van der Waals surface area contributed by atoms with Crippen molar-refractivity contribution in [3.05, 3.63) is 63.3 Å². The summed E-state index contributed by atoms with van der Waals surface area (Å²) >= 11 is 0. The zero-order valence-electron chi connectivity index (χ0n) is 18.1. The van der Waals surface area contributed by atoms with Crippen molar-refractivity contribution in [2.75, 3.05) is 31.1 Å². The molecule has 8 nitrogen and oxygen atoms in total. The standard InChI is InChI=1S/C24H24N6O2/c1-3-4-13-29-20-21(26-23(29)28-14-11-25-12-15-28)27(2)24(32)30(22(20)31)19-10-9-17-7-5-6-8-18(17)16-19/h5-10,16,25H,11-15H2,1-2H3. The van der Waals surface area contributed by atoms with Crippen LogP contribution in [0, 0.1) is 11.8 Å². The fourth-order valence-corrected chi connectivity index (χ4v) is 4.26. The highest BCUT2D eigenvalue weighted by molar-refractivity contribution is 5.84. The van der Waals surface area contributed by atoms with E-state index in [2.05, 4.69) is 22.1 Å². The number of hydrogen-bond donors (Lipinski definition) is 1. The predicted octanol–water partition coefficient (Wildman–Crippen LogP) is 1.47. The lowest BCUT2D eigenvalue weighted by Gasteiger charge is -2.28. The molecule has 0 radical (unpaired) electrons. The average molecular weight is 428 g/mol. The lowest BCUT2D eigenvalue weighted by atomic mass is 10.1. The molecule has 1 N–H and O–H groups in total. The molecule has 0 spiro atoms. The van der Waals surface area contributed by atoms with E-state index in [0.717, 1.165) is 37.0 Å². The van der Waals surface area contributed by atoms with Crippen molar-refractivity contribution in [3.8, 4) is 17.5 Å². The average Bonchev–Trinajstić information content (AvgIpc) is 3.22. The van der Waals surface area contributed by atoms with E-state index in [-0.39, 0.29) is 5.56 Å². The minimum Gasteiger partial charge on any atom is -0.340 e. The first-order valence-corrected chi connectivity index (χ1v) is 10.7. The minimum atomic E-state index is -0.420. The van der Waals surface area contributed by atoms with Gasteiger partial charge in [0.25, 0.3) is 5.56 Å². The Bertz CT molecular complexity index is 1510. The second-order valence-corrected chi connectivity index (χ2v) is 7.85. The molecule has 1 fully saturated rings. The van der Waals surface area contributed by atoms with Crippen LogP contribution in [0.5, 0.6) is 0 Å². The van der Waals surface area contributed by atoms with E-state index < -0.39 is 5.69 Å². The molecule has 2 aromatic heterocycles. The number of nitrogens with one attached hydrogen (secondary N) is 1. The van der Waals surface area contributed by atoms with E-state index >= 15 is 0 Å². The molecule has 0 aliphatic carbocycles. The molecule has 3 heterocycles. The van der Waals surface area contributed by atoms with Crippen LogP contribution in [-0.2, 0) is 13.6 Å². The number of aryl methyl sites for hydroxylation is 1. The maximum absolute atomic E-state index is 13.7. The summed E-state index contributed by atoms with van der Waals surface area (Å²) in [6.45, 7) is 5.32. The lowest BCUT2D eigenvalue weighted by molar-refractivity contribution is 0.573. The predicted molar refractivity (Wildman–Crippen MR) is 127 cm³/mol. The molecule has 1 saturated heterocycles. The van der Waals surface area contributed by atoms with Crippen LogP contribution in [0.25, 0.3) is 27.6 Å². The minimum absolute atomic E-state index is 0.331. The fourth-order valence-electron chi connectivity index (χ4n) is 4.26. The Hall–Kier alpha value is -3.83. The van der Waals surface area contributed by atoms with Crippen molar-refractivity contribution in [2.24, 2.45) is 7.05 Å². The number of nitrogens with zero attached hydrogens (tertiary/aromatic N) is 5. The molecule has 8 heteroatoms. The Morgan fingerprint density at radius 2 is 1.81 bits per heavy atom. The lowest BCUT2D eigenvalue weighted by Crippen LogP contribution is -2.44. The van der Waals surface area contributed by atoms with Gasteiger partial charge < -0.3 is 10.2 Å². The maximum Gasteiger partial charge on any atom is 0.337 e. The smallest absolute Gasteiger partial charge is 0.337 e.